The van der Waals surface area contributed by atoms with Gasteiger partial charge in [0.05, 0.1) is 17.7 Å². The van der Waals surface area contributed by atoms with Gasteiger partial charge in [-0.2, -0.15) is 5.26 Å². The van der Waals surface area contributed by atoms with E-state index in [0.29, 0.717) is 12.3 Å². The number of pyridine rings is 1. The summed E-state index contributed by atoms with van der Waals surface area (Å²) in [4.78, 5) is 4.34. The van der Waals surface area contributed by atoms with Crippen molar-refractivity contribution in [2.75, 3.05) is 6.61 Å². The minimum atomic E-state index is -0.145. The second-order valence-electron chi connectivity index (χ2n) is 4.82. The zero-order chi connectivity index (χ0) is 12.8. The van der Waals surface area contributed by atoms with Gasteiger partial charge < -0.3 is 5.11 Å². The van der Waals surface area contributed by atoms with Gasteiger partial charge in [0, 0.05) is 12.8 Å². The van der Waals surface area contributed by atoms with Crippen LogP contribution in [-0.4, -0.2) is 16.7 Å². The molecule has 0 amide bonds. The summed E-state index contributed by atoms with van der Waals surface area (Å²) < 4.78 is 0. The van der Waals surface area contributed by atoms with Crippen molar-refractivity contribution in [3.63, 3.8) is 0 Å². The van der Waals surface area contributed by atoms with E-state index in [1.54, 1.807) is 6.20 Å². The fourth-order valence-corrected chi connectivity index (χ4v) is 1.88. The Morgan fingerprint density at radius 3 is 2.71 bits per heavy atom. The third-order valence-corrected chi connectivity index (χ3v) is 2.84. The van der Waals surface area contributed by atoms with Crippen molar-refractivity contribution in [2.45, 2.75) is 39.5 Å². The Labute approximate surface area is 103 Å². The normalized spacial score (nSPS) is 12.5. The maximum absolute atomic E-state index is 9.18. The molecule has 1 aromatic rings. The van der Waals surface area contributed by atoms with Crippen molar-refractivity contribution >= 4 is 0 Å². The molecule has 1 atom stereocenters. The molecule has 0 bridgehead atoms. The molecule has 92 valence electrons. The number of aliphatic hydroxyl groups excluding tert-OH is 1. The van der Waals surface area contributed by atoms with Crippen LogP contribution in [0.2, 0.25) is 0 Å². The van der Waals surface area contributed by atoms with Crippen molar-refractivity contribution in [2.24, 2.45) is 5.92 Å². The van der Waals surface area contributed by atoms with Crippen molar-refractivity contribution in [3.05, 3.63) is 29.1 Å². The Hall–Kier alpha value is -1.40. The smallest absolute Gasteiger partial charge is 0.0887 e. The number of hydrogen-bond donors (Lipinski definition) is 1. The number of aryl methyl sites for hydroxylation is 1. The summed E-state index contributed by atoms with van der Waals surface area (Å²) in [6.07, 6.45) is 3.25. The molecular weight excluding hydrogens is 212 g/mol. The van der Waals surface area contributed by atoms with E-state index in [2.05, 4.69) is 24.9 Å². The van der Waals surface area contributed by atoms with Crippen LogP contribution >= 0.6 is 0 Å². The lowest BCUT2D eigenvalue weighted by Gasteiger charge is -2.13. The lowest BCUT2D eigenvalue weighted by molar-refractivity contribution is 0.299. The second kappa shape index (κ2) is 6.36. The van der Waals surface area contributed by atoms with Crippen LogP contribution in [0, 0.1) is 24.2 Å². The maximum Gasteiger partial charge on any atom is 0.0887 e. The van der Waals surface area contributed by atoms with Gasteiger partial charge in [-0.25, -0.2) is 0 Å². The lowest BCUT2D eigenvalue weighted by Crippen LogP contribution is -2.05. The Morgan fingerprint density at radius 2 is 2.18 bits per heavy atom. The molecule has 0 fully saturated rings. The molecule has 0 aliphatic rings. The molecule has 1 aromatic heterocycles. The molecule has 0 aromatic carbocycles. The number of hydrogen-bond acceptors (Lipinski definition) is 3. The predicted molar refractivity (Wildman–Crippen MR) is 67.6 cm³/mol. The third kappa shape index (κ3) is 3.83. The van der Waals surface area contributed by atoms with Crippen LogP contribution in [-0.2, 0) is 6.42 Å². The summed E-state index contributed by atoms with van der Waals surface area (Å²) in [5.74, 6) is 0.331. The van der Waals surface area contributed by atoms with Crippen LogP contribution in [0.4, 0.5) is 0 Å². The molecule has 1 heterocycles. The number of aromatic nitrogens is 1. The van der Waals surface area contributed by atoms with E-state index < -0.39 is 0 Å². The van der Waals surface area contributed by atoms with Gasteiger partial charge in [-0.15, -0.1) is 0 Å². The maximum atomic E-state index is 9.18. The SMILES string of the molecule is Cc1cnc(C(C#N)CC(C)C)cc1CCO. The Bertz CT molecular complexity index is 407. The second-order valence-corrected chi connectivity index (χ2v) is 4.82. The number of nitrogens with zero attached hydrogens (tertiary/aromatic N) is 2. The summed E-state index contributed by atoms with van der Waals surface area (Å²) in [6, 6.07) is 4.27. The molecule has 3 nitrogen and oxygen atoms in total. The first kappa shape index (κ1) is 13.7. The van der Waals surface area contributed by atoms with Gasteiger partial charge in [0.15, 0.2) is 0 Å². The minimum Gasteiger partial charge on any atom is -0.396 e. The average Bonchev–Trinajstić information content (AvgIpc) is 2.29. The lowest BCUT2D eigenvalue weighted by atomic mass is 9.93. The molecule has 1 N–H and O–H groups in total. The van der Waals surface area contributed by atoms with Crippen molar-refractivity contribution in [1.29, 1.82) is 5.26 Å². The van der Waals surface area contributed by atoms with Gasteiger partial charge in [-0.3, -0.25) is 4.98 Å². The molecule has 0 spiro atoms. The number of rotatable bonds is 5. The molecule has 1 unspecified atom stereocenters. The van der Waals surface area contributed by atoms with E-state index in [0.717, 1.165) is 23.2 Å². The molecule has 17 heavy (non-hydrogen) atoms. The number of nitriles is 1. The summed E-state index contributed by atoms with van der Waals surface area (Å²) >= 11 is 0. The Kier molecular flexibility index (Phi) is 5.11. The standard InChI is InChI=1S/C14H20N2O/c1-10(2)6-13(8-15)14-7-12(4-5-17)11(3)9-16-14/h7,9-10,13,17H,4-6H2,1-3H3. The van der Waals surface area contributed by atoms with E-state index in [1.807, 2.05) is 13.0 Å². The molecular formula is C14H20N2O. The average molecular weight is 232 g/mol. The highest BCUT2D eigenvalue weighted by Gasteiger charge is 2.15. The Morgan fingerprint density at radius 1 is 1.47 bits per heavy atom. The zero-order valence-corrected chi connectivity index (χ0v) is 10.8. The van der Waals surface area contributed by atoms with E-state index in [4.69, 9.17) is 5.11 Å². The highest BCUT2D eigenvalue weighted by molar-refractivity contribution is 5.29. The van der Waals surface area contributed by atoms with Crippen LogP contribution in [0.3, 0.4) is 0 Å². The first-order valence-electron chi connectivity index (χ1n) is 6.04. The van der Waals surface area contributed by atoms with Crippen LogP contribution in [0.5, 0.6) is 0 Å². The summed E-state index contributed by atoms with van der Waals surface area (Å²) in [6.45, 7) is 6.32. The molecule has 3 heteroatoms. The molecule has 0 radical (unpaired) electrons. The number of aliphatic hydroxyl groups is 1. The summed E-state index contributed by atoms with van der Waals surface area (Å²) in [5.41, 5.74) is 2.99. The topological polar surface area (TPSA) is 56.9 Å². The third-order valence-electron chi connectivity index (χ3n) is 2.84. The predicted octanol–water partition coefficient (Wildman–Crippen LogP) is 2.58. The van der Waals surface area contributed by atoms with Gasteiger partial charge in [-0.05, 0) is 42.9 Å². The van der Waals surface area contributed by atoms with E-state index in [1.165, 1.54) is 0 Å². The van der Waals surface area contributed by atoms with Gasteiger partial charge in [0.2, 0.25) is 0 Å². The van der Waals surface area contributed by atoms with Crippen LogP contribution in [0.15, 0.2) is 12.3 Å². The van der Waals surface area contributed by atoms with E-state index >= 15 is 0 Å². The van der Waals surface area contributed by atoms with Gasteiger partial charge in [0.25, 0.3) is 0 Å². The summed E-state index contributed by atoms with van der Waals surface area (Å²) in [7, 11) is 0. The fourth-order valence-electron chi connectivity index (χ4n) is 1.88. The molecule has 0 saturated heterocycles. The Balaban J connectivity index is 2.97. The van der Waals surface area contributed by atoms with Crippen LogP contribution in [0.1, 0.15) is 43.0 Å². The quantitative estimate of drug-likeness (QED) is 0.848. The van der Waals surface area contributed by atoms with E-state index in [9.17, 15) is 5.26 Å². The monoisotopic (exact) mass is 232 g/mol. The van der Waals surface area contributed by atoms with Gasteiger partial charge >= 0.3 is 0 Å². The first-order valence-corrected chi connectivity index (χ1v) is 6.04. The van der Waals surface area contributed by atoms with Crippen molar-refractivity contribution in [3.8, 4) is 6.07 Å². The first-order chi connectivity index (χ1) is 8.08. The zero-order valence-electron chi connectivity index (χ0n) is 10.8. The summed E-state index contributed by atoms with van der Waals surface area (Å²) in [5, 5.41) is 18.2. The van der Waals surface area contributed by atoms with Crippen molar-refractivity contribution in [1.82, 2.24) is 4.98 Å². The highest BCUT2D eigenvalue weighted by atomic mass is 16.2. The van der Waals surface area contributed by atoms with Gasteiger partial charge in [0.1, 0.15) is 0 Å². The van der Waals surface area contributed by atoms with E-state index in [-0.39, 0.29) is 12.5 Å². The highest BCUT2D eigenvalue weighted by Crippen LogP contribution is 2.23. The minimum absolute atomic E-state index is 0.131. The van der Waals surface area contributed by atoms with Gasteiger partial charge in [-0.1, -0.05) is 13.8 Å². The van der Waals surface area contributed by atoms with Crippen molar-refractivity contribution < 1.29 is 5.11 Å². The molecule has 0 saturated carbocycles. The van der Waals surface area contributed by atoms with Crippen LogP contribution in [0.25, 0.3) is 0 Å². The largest absolute Gasteiger partial charge is 0.396 e. The molecule has 1 rings (SSSR count). The fraction of sp³-hybridized carbons (Fsp3) is 0.571. The molecule has 0 aliphatic heterocycles. The van der Waals surface area contributed by atoms with Crippen LogP contribution < -0.4 is 0 Å². The molecule has 0 aliphatic carbocycles.